The van der Waals surface area contributed by atoms with Gasteiger partial charge in [-0.15, -0.1) is 0 Å². The van der Waals surface area contributed by atoms with E-state index in [0.717, 1.165) is 0 Å². The minimum absolute atomic E-state index is 0.0997. The first kappa shape index (κ1) is 16.8. The van der Waals surface area contributed by atoms with E-state index in [1.165, 1.54) is 4.90 Å². The van der Waals surface area contributed by atoms with Crippen LogP contribution in [0.5, 0.6) is 0 Å². The number of aliphatic hydroxyl groups excluding tert-OH is 1. The molecule has 20 heavy (non-hydrogen) atoms. The summed E-state index contributed by atoms with van der Waals surface area (Å²) in [6.45, 7) is 9.37. The molecule has 6 nitrogen and oxygen atoms in total. The van der Waals surface area contributed by atoms with Crippen LogP contribution in [0.15, 0.2) is 0 Å². The van der Waals surface area contributed by atoms with Gasteiger partial charge in [0.05, 0.1) is 6.10 Å². The number of aliphatic hydroxyl groups is 1. The van der Waals surface area contributed by atoms with E-state index in [2.05, 4.69) is 0 Å². The second-order valence-corrected chi connectivity index (χ2v) is 6.37. The molecule has 0 spiro atoms. The molecule has 1 heterocycles. The number of likely N-dealkylation sites (tertiary alicyclic amines) is 1. The van der Waals surface area contributed by atoms with Gasteiger partial charge >= 0.3 is 12.0 Å². The number of nitrogens with zero attached hydrogens (tertiary/aromatic N) is 2. The maximum absolute atomic E-state index is 12.6. The fraction of sp³-hybridized carbons (Fsp3) is 0.857. The van der Waals surface area contributed by atoms with Gasteiger partial charge in [0.25, 0.3) is 0 Å². The van der Waals surface area contributed by atoms with Crippen molar-refractivity contribution in [3.8, 4) is 0 Å². The summed E-state index contributed by atoms with van der Waals surface area (Å²) in [5.74, 6) is -0.425. The van der Waals surface area contributed by atoms with Crippen LogP contribution in [0.3, 0.4) is 0 Å². The lowest BCUT2D eigenvalue weighted by molar-refractivity contribution is -0.141. The van der Waals surface area contributed by atoms with Crippen LogP contribution in [-0.2, 0) is 4.79 Å². The van der Waals surface area contributed by atoms with Gasteiger partial charge in [0.1, 0.15) is 6.04 Å². The molecule has 6 heteroatoms. The highest BCUT2D eigenvalue weighted by Crippen LogP contribution is 2.21. The Morgan fingerprint density at radius 2 is 1.70 bits per heavy atom. The predicted molar refractivity (Wildman–Crippen MR) is 75.4 cm³/mol. The highest BCUT2D eigenvalue weighted by molar-refractivity contribution is 5.83. The van der Waals surface area contributed by atoms with Crippen LogP contribution in [0.25, 0.3) is 0 Å². The van der Waals surface area contributed by atoms with Crippen molar-refractivity contribution >= 4 is 12.0 Å². The Labute approximate surface area is 120 Å². The van der Waals surface area contributed by atoms with E-state index >= 15 is 0 Å². The van der Waals surface area contributed by atoms with Crippen LogP contribution >= 0.6 is 0 Å². The van der Waals surface area contributed by atoms with Crippen molar-refractivity contribution in [2.75, 3.05) is 19.6 Å². The summed E-state index contributed by atoms with van der Waals surface area (Å²) in [7, 11) is 0. The number of carboxylic acid groups (broad SMARTS) is 1. The minimum atomic E-state index is -1.05. The van der Waals surface area contributed by atoms with Crippen molar-refractivity contribution in [2.45, 2.75) is 46.3 Å². The third-order valence-corrected chi connectivity index (χ3v) is 3.25. The van der Waals surface area contributed by atoms with Gasteiger partial charge in [-0.25, -0.2) is 9.59 Å². The first-order chi connectivity index (χ1) is 9.22. The fourth-order valence-electron chi connectivity index (χ4n) is 2.55. The number of carbonyl (C=O) groups is 2. The van der Waals surface area contributed by atoms with Crippen molar-refractivity contribution in [2.24, 2.45) is 11.8 Å². The van der Waals surface area contributed by atoms with Crippen LogP contribution < -0.4 is 0 Å². The van der Waals surface area contributed by atoms with Crippen molar-refractivity contribution < 1.29 is 19.8 Å². The number of rotatable bonds is 5. The van der Waals surface area contributed by atoms with Crippen LogP contribution in [0.2, 0.25) is 0 Å². The molecule has 1 aliphatic heterocycles. The molecule has 1 fully saturated rings. The normalized spacial score (nSPS) is 22.6. The standard InChI is InChI=1S/C14H26N2O4/c1-9(2)6-15(7-10(3)4)14(20)16-8-11(17)5-12(16)13(18)19/h9-12,17H,5-8H2,1-4H3,(H,18,19)/t11?,12-/m0/s1. The average Bonchev–Trinajstić information content (AvgIpc) is 2.68. The molecular formula is C14H26N2O4. The van der Waals surface area contributed by atoms with Crippen LogP contribution in [0.4, 0.5) is 4.79 Å². The van der Waals surface area contributed by atoms with Gasteiger partial charge in [0.2, 0.25) is 0 Å². The smallest absolute Gasteiger partial charge is 0.326 e. The quantitative estimate of drug-likeness (QED) is 0.796. The van der Waals surface area contributed by atoms with Gasteiger partial charge in [0, 0.05) is 26.1 Å². The van der Waals surface area contributed by atoms with Crippen molar-refractivity contribution in [3.05, 3.63) is 0 Å². The topological polar surface area (TPSA) is 81.1 Å². The van der Waals surface area contributed by atoms with Gasteiger partial charge in [-0.05, 0) is 11.8 Å². The molecule has 0 bridgehead atoms. The summed E-state index contributed by atoms with van der Waals surface area (Å²) < 4.78 is 0. The third kappa shape index (κ3) is 4.37. The van der Waals surface area contributed by atoms with E-state index < -0.39 is 18.1 Å². The number of β-amino-alcohol motifs (C(OH)–C–C–N with tert-alkyl or cyclic N) is 1. The number of urea groups is 1. The molecule has 1 aliphatic rings. The Balaban J connectivity index is 2.84. The number of hydrogen-bond acceptors (Lipinski definition) is 3. The van der Waals surface area contributed by atoms with Crippen molar-refractivity contribution in [3.63, 3.8) is 0 Å². The maximum atomic E-state index is 12.6. The third-order valence-electron chi connectivity index (χ3n) is 3.25. The molecule has 0 radical (unpaired) electrons. The molecule has 1 rings (SSSR count). The number of carboxylic acids is 1. The number of amides is 2. The van der Waals surface area contributed by atoms with Crippen molar-refractivity contribution in [1.29, 1.82) is 0 Å². The lowest BCUT2D eigenvalue weighted by Gasteiger charge is -2.32. The van der Waals surface area contributed by atoms with Gasteiger partial charge < -0.3 is 20.0 Å². The van der Waals surface area contributed by atoms with E-state index in [9.17, 15) is 19.8 Å². The van der Waals surface area contributed by atoms with Gasteiger partial charge in [-0.2, -0.15) is 0 Å². The number of hydrogen-bond donors (Lipinski definition) is 2. The van der Waals surface area contributed by atoms with Crippen LogP contribution in [-0.4, -0.2) is 63.8 Å². The monoisotopic (exact) mass is 286 g/mol. The van der Waals surface area contributed by atoms with Gasteiger partial charge in [-0.1, -0.05) is 27.7 Å². The largest absolute Gasteiger partial charge is 0.480 e. The summed E-state index contributed by atoms with van der Waals surface area (Å²) >= 11 is 0. The van der Waals surface area contributed by atoms with Crippen LogP contribution in [0, 0.1) is 11.8 Å². The Hall–Kier alpha value is -1.30. The highest BCUT2D eigenvalue weighted by atomic mass is 16.4. The van der Waals surface area contributed by atoms with E-state index in [1.54, 1.807) is 4.90 Å². The summed E-state index contributed by atoms with van der Waals surface area (Å²) in [5.41, 5.74) is 0. The van der Waals surface area contributed by atoms with E-state index in [4.69, 9.17) is 0 Å². The predicted octanol–water partition coefficient (Wildman–Crippen LogP) is 1.24. The number of carbonyl (C=O) groups excluding carboxylic acids is 1. The molecule has 0 aromatic heterocycles. The Kier molecular flexibility index (Phi) is 5.80. The first-order valence-corrected chi connectivity index (χ1v) is 7.18. The molecule has 0 saturated carbocycles. The van der Waals surface area contributed by atoms with Crippen molar-refractivity contribution in [1.82, 2.24) is 9.80 Å². The lowest BCUT2D eigenvalue weighted by atomic mass is 10.1. The molecule has 2 amide bonds. The molecular weight excluding hydrogens is 260 g/mol. The second-order valence-electron chi connectivity index (χ2n) is 6.37. The first-order valence-electron chi connectivity index (χ1n) is 7.18. The summed E-state index contributed by atoms with van der Waals surface area (Å²) in [5, 5.41) is 18.8. The molecule has 0 aliphatic carbocycles. The molecule has 116 valence electrons. The molecule has 0 aromatic carbocycles. The van der Waals surface area contributed by atoms with Crippen LogP contribution in [0.1, 0.15) is 34.1 Å². The molecule has 1 unspecified atom stereocenters. The zero-order valence-electron chi connectivity index (χ0n) is 12.7. The average molecular weight is 286 g/mol. The second kappa shape index (κ2) is 6.92. The summed E-state index contributed by atoms with van der Waals surface area (Å²) in [6, 6.07) is -1.20. The summed E-state index contributed by atoms with van der Waals surface area (Å²) in [6.07, 6.45) is -0.641. The van der Waals surface area contributed by atoms with Gasteiger partial charge in [0.15, 0.2) is 0 Å². The van der Waals surface area contributed by atoms with E-state index in [-0.39, 0.29) is 19.0 Å². The molecule has 2 atom stereocenters. The minimum Gasteiger partial charge on any atom is -0.480 e. The van der Waals surface area contributed by atoms with E-state index in [1.807, 2.05) is 27.7 Å². The Morgan fingerprint density at radius 1 is 1.20 bits per heavy atom. The SMILES string of the molecule is CC(C)CN(CC(C)C)C(=O)N1CC(O)C[C@H]1C(=O)O. The Morgan fingerprint density at radius 3 is 2.10 bits per heavy atom. The lowest BCUT2D eigenvalue weighted by Crippen LogP contribution is -2.50. The highest BCUT2D eigenvalue weighted by Gasteiger charge is 2.40. The van der Waals surface area contributed by atoms with Gasteiger partial charge in [-0.3, -0.25) is 0 Å². The zero-order valence-corrected chi connectivity index (χ0v) is 12.7. The molecule has 1 saturated heterocycles. The fourth-order valence-corrected chi connectivity index (χ4v) is 2.55. The maximum Gasteiger partial charge on any atom is 0.326 e. The summed E-state index contributed by atoms with van der Waals surface area (Å²) in [4.78, 5) is 26.7. The zero-order chi connectivity index (χ0) is 15.4. The number of aliphatic carboxylic acids is 1. The Bertz CT molecular complexity index is 347. The molecule has 2 N–H and O–H groups in total. The molecule has 0 aromatic rings. The van der Waals surface area contributed by atoms with E-state index in [0.29, 0.717) is 24.9 Å².